The molecular formula is C18H17F5N4O4S. The van der Waals surface area contributed by atoms with Gasteiger partial charge in [-0.1, -0.05) is 0 Å². The summed E-state index contributed by atoms with van der Waals surface area (Å²) in [7, 11) is -4.17. The fourth-order valence-electron chi connectivity index (χ4n) is 3.41. The maximum atomic E-state index is 14.1. The number of aromatic nitrogens is 1. The van der Waals surface area contributed by atoms with Crippen LogP contribution < -0.4 is 15.4 Å². The van der Waals surface area contributed by atoms with Gasteiger partial charge >= 0.3 is 6.36 Å². The van der Waals surface area contributed by atoms with Gasteiger partial charge in [0.25, 0.3) is 10.0 Å². The predicted octanol–water partition coefficient (Wildman–Crippen LogP) is 2.44. The number of halogens is 5. The lowest BCUT2D eigenvalue weighted by atomic mass is 10.1. The van der Waals surface area contributed by atoms with Gasteiger partial charge in [0.15, 0.2) is 16.7 Å². The second kappa shape index (κ2) is 8.60. The Morgan fingerprint density at radius 3 is 2.59 bits per heavy atom. The number of alkyl halides is 3. The monoisotopic (exact) mass is 480 g/mol. The maximum Gasteiger partial charge on any atom is 0.522 e. The Morgan fingerprint density at radius 2 is 1.97 bits per heavy atom. The van der Waals surface area contributed by atoms with Crippen LogP contribution in [0.15, 0.2) is 35.5 Å². The third kappa shape index (κ3) is 5.31. The minimum atomic E-state index is -4.97. The molecule has 1 saturated heterocycles. The first kappa shape index (κ1) is 23.8. The summed E-state index contributed by atoms with van der Waals surface area (Å²) in [5.74, 6) is -3.18. The van der Waals surface area contributed by atoms with Crippen molar-refractivity contribution in [1.29, 1.82) is 0 Å². The minimum Gasteiger partial charge on any atom is -0.356 e. The second-order valence-corrected chi connectivity index (χ2v) is 8.52. The number of rotatable bonds is 5. The zero-order valence-electron chi connectivity index (χ0n) is 16.4. The van der Waals surface area contributed by atoms with Crippen molar-refractivity contribution in [1.82, 2.24) is 4.98 Å². The van der Waals surface area contributed by atoms with Crippen molar-refractivity contribution in [3.8, 4) is 0 Å². The summed E-state index contributed by atoms with van der Waals surface area (Å²) in [5.41, 5.74) is -0.218. The van der Waals surface area contributed by atoms with E-state index in [1.807, 2.05) is 0 Å². The molecule has 174 valence electrons. The van der Waals surface area contributed by atoms with Crippen LogP contribution in [0.2, 0.25) is 0 Å². The molecule has 0 spiro atoms. The van der Waals surface area contributed by atoms with E-state index < -0.39 is 64.1 Å². The Morgan fingerprint density at radius 1 is 1.28 bits per heavy atom. The van der Waals surface area contributed by atoms with E-state index in [4.69, 9.17) is 5.14 Å². The average Bonchev–Trinajstić information content (AvgIpc) is 3.07. The first-order chi connectivity index (χ1) is 14.8. The van der Waals surface area contributed by atoms with Gasteiger partial charge in [-0.3, -0.25) is 9.53 Å². The van der Waals surface area contributed by atoms with Crippen molar-refractivity contribution in [3.05, 3.63) is 47.7 Å². The second-order valence-electron chi connectivity index (χ2n) is 7.01. The molecule has 3 N–H and O–H groups in total. The Bertz CT molecular complexity index is 1140. The Kier molecular flexibility index (Phi) is 6.40. The molecule has 2 atom stereocenters. The van der Waals surface area contributed by atoms with Crippen LogP contribution >= 0.6 is 0 Å². The highest BCUT2D eigenvalue weighted by Crippen LogP contribution is 2.34. The fourth-order valence-corrected chi connectivity index (χ4v) is 3.91. The third-order valence-corrected chi connectivity index (χ3v) is 5.59. The summed E-state index contributed by atoms with van der Waals surface area (Å²) >= 11 is 0. The standard InChI is InChI=1S/C18H17F5N4O4S/c1-9-13(3-2-12(19)16(9)20)27-8-11(31-18(21,22)23)7-14(27)17(28)26-10-4-5-25-15(6-10)32(24,29)30/h2-6,11,14H,7-8H2,1H3,(H2,24,29,30)(H,25,26,28)/t11-,14?/m1/s1. The molecule has 8 nitrogen and oxygen atoms in total. The number of hydrogen-bond donors (Lipinski definition) is 2. The van der Waals surface area contributed by atoms with Gasteiger partial charge in [-0.15, -0.1) is 13.2 Å². The van der Waals surface area contributed by atoms with E-state index in [1.54, 1.807) is 0 Å². The molecule has 1 amide bonds. The molecule has 0 saturated carbocycles. The summed E-state index contributed by atoms with van der Waals surface area (Å²) < 4.78 is 92.7. The molecular weight excluding hydrogens is 463 g/mol. The van der Waals surface area contributed by atoms with Crippen LogP contribution in [-0.4, -0.2) is 44.4 Å². The zero-order chi connectivity index (χ0) is 23.8. The molecule has 2 aromatic rings. The van der Waals surface area contributed by atoms with Gasteiger partial charge in [0.2, 0.25) is 5.91 Å². The van der Waals surface area contributed by atoms with E-state index >= 15 is 0 Å². The number of primary sulfonamides is 1. The lowest BCUT2D eigenvalue weighted by Gasteiger charge is -2.27. The van der Waals surface area contributed by atoms with E-state index in [0.29, 0.717) is 0 Å². The number of pyridine rings is 1. The van der Waals surface area contributed by atoms with E-state index in [-0.39, 0.29) is 16.9 Å². The van der Waals surface area contributed by atoms with E-state index in [0.717, 1.165) is 24.4 Å². The van der Waals surface area contributed by atoms with Crippen LogP contribution in [0.25, 0.3) is 0 Å². The van der Waals surface area contributed by atoms with Gasteiger partial charge in [0.05, 0.1) is 6.10 Å². The quantitative estimate of drug-likeness (QED) is 0.636. The number of benzene rings is 1. The molecule has 1 aromatic heterocycles. The molecule has 0 aliphatic carbocycles. The zero-order valence-corrected chi connectivity index (χ0v) is 17.2. The van der Waals surface area contributed by atoms with Crippen molar-refractivity contribution >= 4 is 27.3 Å². The number of hydrogen-bond acceptors (Lipinski definition) is 6. The summed E-state index contributed by atoms with van der Waals surface area (Å²) in [6.07, 6.45) is -5.79. The summed E-state index contributed by atoms with van der Waals surface area (Å²) in [6, 6.07) is 2.90. The molecule has 0 bridgehead atoms. The number of amides is 1. The highest BCUT2D eigenvalue weighted by molar-refractivity contribution is 7.89. The Labute approximate surface area is 179 Å². The van der Waals surface area contributed by atoms with Gasteiger partial charge in [0, 0.05) is 42.2 Å². The van der Waals surface area contributed by atoms with Gasteiger partial charge in [-0.25, -0.2) is 27.3 Å². The molecule has 1 unspecified atom stereocenters. The summed E-state index contributed by atoms with van der Waals surface area (Å²) in [4.78, 5) is 17.6. The highest BCUT2D eigenvalue weighted by Gasteiger charge is 2.43. The normalized spacial score (nSPS) is 19.3. The number of nitrogens with two attached hydrogens (primary N) is 1. The van der Waals surface area contributed by atoms with E-state index in [2.05, 4.69) is 15.0 Å². The number of carbonyl (C=O) groups excluding carboxylic acids is 1. The van der Waals surface area contributed by atoms with Crippen LogP contribution in [-0.2, 0) is 19.6 Å². The van der Waals surface area contributed by atoms with Crippen molar-refractivity contribution in [2.45, 2.75) is 36.9 Å². The largest absolute Gasteiger partial charge is 0.522 e. The van der Waals surface area contributed by atoms with E-state index in [1.165, 1.54) is 17.9 Å². The van der Waals surface area contributed by atoms with Gasteiger partial charge in [-0.05, 0) is 25.1 Å². The van der Waals surface area contributed by atoms with Crippen LogP contribution in [0, 0.1) is 18.6 Å². The summed E-state index contributed by atoms with van der Waals surface area (Å²) in [6.45, 7) is 0.796. The average molecular weight is 480 g/mol. The van der Waals surface area contributed by atoms with E-state index in [9.17, 15) is 35.2 Å². The first-order valence-corrected chi connectivity index (χ1v) is 10.6. The third-order valence-electron chi connectivity index (χ3n) is 4.78. The van der Waals surface area contributed by atoms with Crippen LogP contribution in [0.3, 0.4) is 0 Å². The van der Waals surface area contributed by atoms with Crippen LogP contribution in [0.4, 0.5) is 33.3 Å². The predicted molar refractivity (Wildman–Crippen MR) is 102 cm³/mol. The smallest absolute Gasteiger partial charge is 0.356 e. The number of carbonyl (C=O) groups is 1. The number of sulfonamides is 1. The maximum absolute atomic E-state index is 14.1. The molecule has 32 heavy (non-hydrogen) atoms. The van der Waals surface area contributed by atoms with Crippen molar-refractivity contribution < 1.29 is 39.9 Å². The molecule has 1 aliphatic rings. The molecule has 2 heterocycles. The van der Waals surface area contributed by atoms with Gasteiger partial charge < -0.3 is 10.2 Å². The molecule has 3 rings (SSSR count). The Hall–Kier alpha value is -2.84. The lowest BCUT2D eigenvalue weighted by Crippen LogP contribution is -2.40. The van der Waals surface area contributed by atoms with Gasteiger partial charge in [0.1, 0.15) is 6.04 Å². The van der Waals surface area contributed by atoms with Crippen molar-refractivity contribution in [2.24, 2.45) is 5.14 Å². The van der Waals surface area contributed by atoms with Crippen molar-refractivity contribution in [3.63, 3.8) is 0 Å². The molecule has 1 aliphatic heterocycles. The number of anilines is 2. The first-order valence-electron chi connectivity index (χ1n) is 9.02. The number of ether oxygens (including phenoxy) is 1. The topological polar surface area (TPSA) is 115 Å². The number of nitrogens with one attached hydrogen (secondary N) is 1. The summed E-state index contributed by atoms with van der Waals surface area (Å²) in [5, 5.41) is 6.84. The van der Waals surface area contributed by atoms with Crippen LogP contribution in [0.5, 0.6) is 0 Å². The SMILES string of the molecule is Cc1c(N2C[C@H](OC(F)(F)F)CC2C(=O)Nc2ccnc(S(N)(=O)=O)c2)ccc(F)c1F. The fraction of sp³-hybridized carbons (Fsp3) is 0.333. The number of nitrogens with zero attached hydrogens (tertiary/aromatic N) is 2. The Balaban J connectivity index is 1.92. The van der Waals surface area contributed by atoms with Gasteiger partial charge in [-0.2, -0.15) is 0 Å². The molecule has 0 radical (unpaired) electrons. The van der Waals surface area contributed by atoms with Crippen LogP contribution in [0.1, 0.15) is 12.0 Å². The molecule has 1 fully saturated rings. The minimum absolute atomic E-state index is 0.0114. The molecule has 1 aromatic carbocycles. The lowest BCUT2D eigenvalue weighted by molar-refractivity contribution is -0.339. The highest BCUT2D eigenvalue weighted by atomic mass is 32.2. The molecule has 14 heteroatoms. The van der Waals surface area contributed by atoms with Crippen molar-refractivity contribution in [2.75, 3.05) is 16.8 Å².